The van der Waals surface area contributed by atoms with Crippen LogP contribution in [0.2, 0.25) is 0 Å². The molecular weight excluding hydrogens is 410 g/mol. The molecule has 0 saturated carbocycles. The van der Waals surface area contributed by atoms with Gasteiger partial charge >= 0.3 is 5.97 Å². The number of benzene rings is 2. The second kappa shape index (κ2) is 10.2. The Balaban J connectivity index is 1.62. The lowest BCUT2D eigenvalue weighted by atomic mass is 9.82. The van der Waals surface area contributed by atoms with Crippen molar-refractivity contribution >= 4 is 5.97 Å². The first kappa shape index (κ1) is 22.4. The molecule has 7 heteroatoms. The topological polar surface area (TPSA) is 77.5 Å². The van der Waals surface area contributed by atoms with Crippen molar-refractivity contribution in [2.45, 2.75) is 31.7 Å². The molecular formula is C25H31NO6. The number of fused-ring (bicyclic) bond motifs is 1. The standard InChI is InChI=1S/C25H31NO6/c1-3-4-12-30-13-11-26-15-20(18-7-10-21-22(14-18)32-16-31-21)23(25(27)28)24(26)17-5-8-19(29-2)9-6-17/h5-10,14,20,23-24H,3-4,11-13,15-16H2,1-2H3,(H,27,28)/t20-,23+,24-/m1/s1. The highest BCUT2D eigenvalue weighted by atomic mass is 16.7. The third kappa shape index (κ3) is 4.69. The van der Waals surface area contributed by atoms with E-state index in [1.54, 1.807) is 7.11 Å². The van der Waals surface area contributed by atoms with Gasteiger partial charge in [-0.15, -0.1) is 0 Å². The van der Waals surface area contributed by atoms with Crippen molar-refractivity contribution in [3.05, 3.63) is 53.6 Å². The molecule has 4 rings (SSSR count). The van der Waals surface area contributed by atoms with Gasteiger partial charge in [-0.1, -0.05) is 31.5 Å². The van der Waals surface area contributed by atoms with Gasteiger partial charge in [-0.2, -0.15) is 0 Å². The summed E-state index contributed by atoms with van der Waals surface area (Å²) in [5.41, 5.74) is 1.92. The van der Waals surface area contributed by atoms with Crippen molar-refractivity contribution in [3.8, 4) is 17.2 Å². The number of nitrogens with zero attached hydrogens (tertiary/aromatic N) is 1. The Bertz CT molecular complexity index is 915. The van der Waals surface area contributed by atoms with Crippen LogP contribution in [-0.4, -0.2) is 56.2 Å². The highest BCUT2D eigenvalue weighted by Gasteiger charge is 2.47. The Morgan fingerprint density at radius 3 is 2.56 bits per heavy atom. The minimum atomic E-state index is -0.803. The van der Waals surface area contributed by atoms with Gasteiger partial charge < -0.3 is 24.1 Å². The van der Waals surface area contributed by atoms with E-state index in [1.807, 2.05) is 42.5 Å². The van der Waals surface area contributed by atoms with Crippen molar-refractivity contribution in [2.24, 2.45) is 5.92 Å². The maximum Gasteiger partial charge on any atom is 0.309 e. The van der Waals surface area contributed by atoms with E-state index in [4.69, 9.17) is 18.9 Å². The molecule has 0 spiro atoms. The summed E-state index contributed by atoms with van der Waals surface area (Å²) in [6.07, 6.45) is 2.12. The fourth-order valence-electron chi connectivity index (χ4n) is 4.67. The molecule has 7 nitrogen and oxygen atoms in total. The van der Waals surface area contributed by atoms with E-state index in [2.05, 4.69) is 11.8 Å². The lowest BCUT2D eigenvalue weighted by Crippen LogP contribution is -2.31. The third-order valence-electron chi connectivity index (χ3n) is 6.33. The number of carbonyl (C=O) groups is 1. The van der Waals surface area contributed by atoms with Gasteiger partial charge in [-0.05, 0) is 41.8 Å². The van der Waals surface area contributed by atoms with Gasteiger partial charge in [0.25, 0.3) is 0 Å². The zero-order valence-corrected chi connectivity index (χ0v) is 18.7. The smallest absolute Gasteiger partial charge is 0.309 e. The minimum absolute atomic E-state index is 0.176. The lowest BCUT2D eigenvalue weighted by Gasteiger charge is -2.27. The number of ether oxygens (including phenoxy) is 4. The first-order valence-corrected chi connectivity index (χ1v) is 11.2. The first-order valence-electron chi connectivity index (χ1n) is 11.2. The van der Waals surface area contributed by atoms with E-state index < -0.39 is 11.9 Å². The fourth-order valence-corrected chi connectivity index (χ4v) is 4.67. The number of carboxylic acids is 1. The average molecular weight is 442 g/mol. The number of aliphatic carboxylic acids is 1. The van der Waals surface area contributed by atoms with E-state index >= 15 is 0 Å². The van der Waals surface area contributed by atoms with E-state index in [0.717, 1.165) is 36.3 Å². The molecule has 2 aromatic carbocycles. The first-order chi connectivity index (χ1) is 15.6. The predicted octanol–water partition coefficient (Wildman–Crippen LogP) is 4.08. The van der Waals surface area contributed by atoms with E-state index in [9.17, 15) is 9.90 Å². The normalized spacial score (nSPS) is 22.2. The largest absolute Gasteiger partial charge is 0.497 e. The number of hydrogen-bond donors (Lipinski definition) is 1. The lowest BCUT2D eigenvalue weighted by molar-refractivity contribution is -0.143. The molecule has 1 N–H and O–H groups in total. The Morgan fingerprint density at radius 2 is 1.84 bits per heavy atom. The summed E-state index contributed by atoms with van der Waals surface area (Å²) in [5, 5.41) is 10.3. The molecule has 2 aromatic rings. The molecule has 2 aliphatic rings. The Kier molecular flexibility index (Phi) is 7.17. The molecule has 0 bridgehead atoms. The maximum atomic E-state index is 12.5. The summed E-state index contributed by atoms with van der Waals surface area (Å²) in [4.78, 5) is 14.8. The van der Waals surface area contributed by atoms with Crippen molar-refractivity contribution in [3.63, 3.8) is 0 Å². The number of unbranched alkanes of at least 4 members (excludes halogenated alkanes) is 1. The summed E-state index contributed by atoms with van der Waals surface area (Å²) in [5.74, 6) is 0.549. The molecule has 0 aliphatic carbocycles. The zero-order chi connectivity index (χ0) is 22.5. The highest BCUT2D eigenvalue weighted by molar-refractivity contribution is 5.74. The molecule has 2 aliphatic heterocycles. The van der Waals surface area contributed by atoms with Gasteiger partial charge in [0.2, 0.25) is 6.79 Å². The average Bonchev–Trinajstić information content (AvgIpc) is 3.43. The van der Waals surface area contributed by atoms with E-state index in [-0.39, 0.29) is 18.8 Å². The molecule has 3 atom stereocenters. The second-order valence-corrected chi connectivity index (χ2v) is 8.26. The molecule has 32 heavy (non-hydrogen) atoms. The Hall–Kier alpha value is -2.77. The van der Waals surface area contributed by atoms with Crippen LogP contribution in [0, 0.1) is 5.92 Å². The molecule has 1 fully saturated rings. The van der Waals surface area contributed by atoms with Gasteiger partial charge in [0.15, 0.2) is 11.5 Å². The summed E-state index contributed by atoms with van der Waals surface area (Å²) in [6.45, 7) is 4.94. The van der Waals surface area contributed by atoms with Gasteiger partial charge in [0, 0.05) is 31.7 Å². The number of likely N-dealkylation sites (tertiary alicyclic amines) is 1. The van der Waals surface area contributed by atoms with E-state index in [0.29, 0.717) is 31.2 Å². The van der Waals surface area contributed by atoms with Crippen LogP contribution >= 0.6 is 0 Å². The van der Waals surface area contributed by atoms with Crippen LogP contribution in [0.1, 0.15) is 42.9 Å². The SMILES string of the molecule is CCCCOCCN1C[C@H](c2ccc3c(c2)OCO3)[C@H](C(=O)O)[C@H]1c1ccc(OC)cc1. The van der Waals surface area contributed by atoms with Crippen LogP contribution in [-0.2, 0) is 9.53 Å². The minimum Gasteiger partial charge on any atom is -0.497 e. The van der Waals surface area contributed by atoms with Crippen LogP contribution in [0.15, 0.2) is 42.5 Å². The molecule has 0 radical (unpaired) electrons. The van der Waals surface area contributed by atoms with Crippen LogP contribution in [0.5, 0.6) is 17.2 Å². The van der Waals surface area contributed by atoms with E-state index in [1.165, 1.54) is 0 Å². The second-order valence-electron chi connectivity index (χ2n) is 8.26. The van der Waals surface area contributed by atoms with Crippen LogP contribution < -0.4 is 14.2 Å². The quantitative estimate of drug-likeness (QED) is 0.557. The Morgan fingerprint density at radius 1 is 1.09 bits per heavy atom. The maximum absolute atomic E-state index is 12.5. The number of carboxylic acid groups (broad SMARTS) is 1. The number of rotatable bonds is 10. The van der Waals surface area contributed by atoms with Crippen LogP contribution in [0.4, 0.5) is 0 Å². The van der Waals surface area contributed by atoms with Gasteiger partial charge in [-0.3, -0.25) is 9.69 Å². The molecule has 0 unspecified atom stereocenters. The van der Waals surface area contributed by atoms with Gasteiger partial charge in [-0.25, -0.2) is 0 Å². The van der Waals surface area contributed by atoms with Gasteiger partial charge in [0.1, 0.15) is 5.75 Å². The van der Waals surface area contributed by atoms with Crippen LogP contribution in [0.25, 0.3) is 0 Å². The third-order valence-corrected chi connectivity index (χ3v) is 6.33. The van der Waals surface area contributed by atoms with Crippen molar-refractivity contribution in [1.82, 2.24) is 4.90 Å². The fraction of sp³-hybridized carbons (Fsp3) is 0.480. The number of methoxy groups -OCH3 is 1. The summed E-state index contributed by atoms with van der Waals surface area (Å²) in [6, 6.07) is 13.2. The van der Waals surface area contributed by atoms with Crippen molar-refractivity contribution in [1.29, 1.82) is 0 Å². The summed E-state index contributed by atoms with van der Waals surface area (Å²) in [7, 11) is 1.63. The van der Waals surface area contributed by atoms with Gasteiger partial charge in [0.05, 0.1) is 19.6 Å². The summed E-state index contributed by atoms with van der Waals surface area (Å²) >= 11 is 0. The van der Waals surface area contributed by atoms with Crippen molar-refractivity contribution < 1.29 is 28.8 Å². The highest BCUT2D eigenvalue weighted by Crippen LogP contribution is 2.47. The monoisotopic (exact) mass is 441 g/mol. The van der Waals surface area contributed by atoms with Crippen LogP contribution in [0.3, 0.4) is 0 Å². The Labute approximate surface area is 188 Å². The molecule has 172 valence electrons. The molecule has 0 aromatic heterocycles. The number of hydrogen-bond acceptors (Lipinski definition) is 6. The van der Waals surface area contributed by atoms with Crippen molar-refractivity contribution in [2.75, 3.05) is 40.2 Å². The summed E-state index contributed by atoms with van der Waals surface area (Å²) < 4.78 is 22.1. The zero-order valence-electron chi connectivity index (χ0n) is 18.7. The predicted molar refractivity (Wildman–Crippen MR) is 119 cm³/mol. The molecule has 2 heterocycles. The molecule has 0 amide bonds. The molecule has 1 saturated heterocycles.